The molecule has 116 valence electrons. The molecule has 1 aliphatic carbocycles. The van der Waals surface area contributed by atoms with Gasteiger partial charge in [0.2, 0.25) is 0 Å². The summed E-state index contributed by atoms with van der Waals surface area (Å²) in [7, 11) is 1.56. The lowest BCUT2D eigenvalue weighted by atomic mass is 9.78. The molecule has 3 nitrogen and oxygen atoms in total. The van der Waals surface area contributed by atoms with E-state index in [0.717, 1.165) is 24.6 Å². The summed E-state index contributed by atoms with van der Waals surface area (Å²) in [6.07, 6.45) is 8.01. The van der Waals surface area contributed by atoms with Crippen molar-refractivity contribution >= 4 is 11.6 Å². The van der Waals surface area contributed by atoms with Crippen LogP contribution in [0.3, 0.4) is 0 Å². The van der Waals surface area contributed by atoms with Crippen molar-refractivity contribution in [2.45, 2.75) is 51.1 Å². The molecular formula is C17H24ClNO2. The Balaban J connectivity index is 1.80. The minimum Gasteiger partial charge on any atom is -0.504 e. The highest BCUT2D eigenvalue weighted by Gasteiger charge is 2.33. The zero-order chi connectivity index (χ0) is 14.8. The molecule has 1 aliphatic heterocycles. The molecule has 4 heteroatoms. The Morgan fingerprint density at radius 3 is 2.81 bits per heavy atom. The van der Waals surface area contributed by atoms with Gasteiger partial charge in [0.15, 0.2) is 11.5 Å². The summed E-state index contributed by atoms with van der Waals surface area (Å²) in [6.45, 7) is 1.89. The van der Waals surface area contributed by atoms with Crippen LogP contribution in [0.25, 0.3) is 0 Å². The Bertz CT molecular complexity index is 504. The van der Waals surface area contributed by atoms with Crippen molar-refractivity contribution in [2.24, 2.45) is 5.92 Å². The highest BCUT2D eigenvalue weighted by Crippen LogP contribution is 2.39. The van der Waals surface area contributed by atoms with Crippen LogP contribution in [0.1, 0.15) is 44.1 Å². The van der Waals surface area contributed by atoms with Gasteiger partial charge in [0.25, 0.3) is 0 Å². The number of methoxy groups -OCH3 is 1. The molecule has 0 radical (unpaired) electrons. The predicted octanol–water partition coefficient (Wildman–Crippen LogP) is 4.21. The van der Waals surface area contributed by atoms with E-state index in [4.69, 9.17) is 16.3 Å². The van der Waals surface area contributed by atoms with Crippen molar-refractivity contribution in [3.8, 4) is 11.5 Å². The second kappa shape index (κ2) is 6.45. The van der Waals surface area contributed by atoms with Crippen molar-refractivity contribution in [1.29, 1.82) is 0 Å². The first-order valence-corrected chi connectivity index (χ1v) is 8.36. The minimum atomic E-state index is 0.236. The van der Waals surface area contributed by atoms with E-state index < -0.39 is 0 Å². The van der Waals surface area contributed by atoms with Crippen LogP contribution in [-0.4, -0.2) is 29.7 Å². The summed E-state index contributed by atoms with van der Waals surface area (Å²) in [6, 6.07) is 4.21. The Morgan fingerprint density at radius 2 is 2.00 bits per heavy atom. The van der Waals surface area contributed by atoms with Gasteiger partial charge in [0.1, 0.15) is 0 Å². The first-order valence-electron chi connectivity index (χ1n) is 7.98. The van der Waals surface area contributed by atoms with Crippen LogP contribution < -0.4 is 4.74 Å². The van der Waals surface area contributed by atoms with Crippen LogP contribution in [0.5, 0.6) is 11.5 Å². The van der Waals surface area contributed by atoms with E-state index >= 15 is 0 Å². The molecule has 0 amide bonds. The Morgan fingerprint density at radius 1 is 1.24 bits per heavy atom. The Hall–Kier alpha value is -0.930. The van der Waals surface area contributed by atoms with Crippen molar-refractivity contribution in [3.63, 3.8) is 0 Å². The summed E-state index contributed by atoms with van der Waals surface area (Å²) in [5.74, 6) is 1.55. The number of aromatic hydroxyl groups is 1. The number of hydrogen-bond acceptors (Lipinski definition) is 3. The number of rotatable bonds is 3. The van der Waals surface area contributed by atoms with Crippen molar-refractivity contribution in [2.75, 3.05) is 13.7 Å². The monoisotopic (exact) mass is 309 g/mol. The second-order valence-corrected chi connectivity index (χ2v) is 6.78. The van der Waals surface area contributed by atoms with E-state index in [1.807, 2.05) is 6.07 Å². The van der Waals surface area contributed by atoms with Gasteiger partial charge in [-0.3, -0.25) is 4.90 Å². The average Bonchev–Trinajstić information content (AvgIpc) is 2.51. The zero-order valence-electron chi connectivity index (χ0n) is 12.6. The van der Waals surface area contributed by atoms with Crippen LogP contribution >= 0.6 is 11.6 Å². The largest absolute Gasteiger partial charge is 0.504 e. The van der Waals surface area contributed by atoms with Crippen LogP contribution in [-0.2, 0) is 6.54 Å². The van der Waals surface area contributed by atoms with Crippen LogP contribution in [0.4, 0.5) is 0 Å². The molecule has 1 aromatic carbocycles. The number of phenolic OH excluding ortho intramolecular Hbond substituents is 1. The summed E-state index contributed by atoms with van der Waals surface area (Å²) in [5.41, 5.74) is 0.880. The fourth-order valence-corrected chi connectivity index (χ4v) is 4.28. The SMILES string of the molecule is COc1cc(Cl)cc(CN2CCC[C@H]3CCCC[C@H]32)c1O. The first-order chi connectivity index (χ1) is 10.2. The van der Waals surface area contributed by atoms with E-state index in [1.54, 1.807) is 13.2 Å². The lowest BCUT2D eigenvalue weighted by Crippen LogP contribution is -2.46. The zero-order valence-corrected chi connectivity index (χ0v) is 13.4. The molecule has 21 heavy (non-hydrogen) atoms. The van der Waals surface area contributed by atoms with Gasteiger partial charge in [-0.2, -0.15) is 0 Å². The van der Waals surface area contributed by atoms with Gasteiger partial charge in [-0.25, -0.2) is 0 Å². The van der Waals surface area contributed by atoms with E-state index in [9.17, 15) is 5.11 Å². The molecule has 1 heterocycles. The van der Waals surface area contributed by atoms with Crippen LogP contribution in [0.15, 0.2) is 12.1 Å². The normalized spacial score (nSPS) is 26.4. The first kappa shape index (κ1) is 15.0. The van der Waals surface area contributed by atoms with Crippen molar-refractivity contribution in [3.05, 3.63) is 22.7 Å². The average molecular weight is 310 g/mol. The van der Waals surface area contributed by atoms with Gasteiger partial charge in [0, 0.05) is 29.2 Å². The number of fused-ring (bicyclic) bond motifs is 1. The highest BCUT2D eigenvalue weighted by molar-refractivity contribution is 6.30. The van der Waals surface area contributed by atoms with Crippen LogP contribution in [0, 0.1) is 5.92 Å². The number of hydrogen-bond donors (Lipinski definition) is 1. The lowest BCUT2D eigenvalue weighted by Gasteiger charge is -2.44. The quantitative estimate of drug-likeness (QED) is 0.908. The van der Waals surface area contributed by atoms with Gasteiger partial charge in [-0.15, -0.1) is 0 Å². The standard InChI is InChI=1S/C17H24ClNO2/c1-21-16-10-14(18)9-13(17(16)20)11-19-8-4-6-12-5-2-3-7-15(12)19/h9-10,12,15,20H,2-8,11H2,1H3/t12-,15-/m1/s1. The fourth-order valence-electron chi connectivity index (χ4n) is 4.05. The number of nitrogens with zero attached hydrogens (tertiary/aromatic N) is 1. The maximum absolute atomic E-state index is 10.3. The molecule has 2 aliphatic rings. The van der Waals surface area contributed by atoms with E-state index in [0.29, 0.717) is 16.8 Å². The molecule has 1 saturated heterocycles. The fraction of sp³-hybridized carbons (Fsp3) is 0.647. The van der Waals surface area contributed by atoms with Crippen molar-refractivity contribution in [1.82, 2.24) is 4.90 Å². The van der Waals surface area contributed by atoms with Gasteiger partial charge >= 0.3 is 0 Å². The molecule has 0 unspecified atom stereocenters. The van der Waals surface area contributed by atoms with Gasteiger partial charge in [-0.1, -0.05) is 24.4 Å². The molecule has 2 fully saturated rings. The number of likely N-dealkylation sites (tertiary alicyclic amines) is 1. The lowest BCUT2D eigenvalue weighted by molar-refractivity contribution is 0.0541. The maximum atomic E-state index is 10.3. The van der Waals surface area contributed by atoms with Gasteiger partial charge in [0.05, 0.1) is 7.11 Å². The number of ether oxygens (including phenoxy) is 1. The molecule has 1 N–H and O–H groups in total. The molecule has 2 atom stereocenters. The number of halogens is 1. The third kappa shape index (κ3) is 3.14. The van der Waals surface area contributed by atoms with E-state index in [1.165, 1.54) is 38.5 Å². The molecule has 0 aromatic heterocycles. The Kier molecular flexibility index (Phi) is 4.60. The molecule has 0 spiro atoms. The van der Waals surface area contributed by atoms with Crippen molar-refractivity contribution < 1.29 is 9.84 Å². The Labute approximate surface area is 131 Å². The third-order valence-electron chi connectivity index (χ3n) is 5.07. The van der Waals surface area contributed by atoms with E-state index in [2.05, 4.69) is 4.90 Å². The summed E-state index contributed by atoms with van der Waals surface area (Å²) in [4.78, 5) is 2.54. The second-order valence-electron chi connectivity index (χ2n) is 6.34. The summed E-state index contributed by atoms with van der Waals surface area (Å²) >= 11 is 6.15. The predicted molar refractivity (Wildman–Crippen MR) is 85.1 cm³/mol. The molecule has 3 rings (SSSR count). The minimum absolute atomic E-state index is 0.236. The highest BCUT2D eigenvalue weighted by atomic mass is 35.5. The molecule has 0 bridgehead atoms. The number of piperidine rings is 1. The summed E-state index contributed by atoms with van der Waals surface area (Å²) in [5, 5.41) is 11.0. The number of benzene rings is 1. The van der Waals surface area contributed by atoms with Crippen LogP contribution in [0.2, 0.25) is 5.02 Å². The molecule has 1 aromatic rings. The topological polar surface area (TPSA) is 32.7 Å². The summed E-state index contributed by atoms with van der Waals surface area (Å²) < 4.78 is 5.21. The van der Waals surface area contributed by atoms with Gasteiger partial charge in [-0.05, 0) is 44.2 Å². The smallest absolute Gasteiger partial charge is 0.162 e. The maximum Gasteiger partial charge on any atom is 0.162 e. The molecule has 1 saturated carbocycles. The number of phenols is 1. The third-order valence-corrected chi connectivity index (χ3v) is 5.29. The molecular weight excluding hydrogens is 286 g/mol. The van der Waals surface area contributed by atoms with Gasteiger partial charge < -0.3 is 9.84 Å². The van der Waals surface area contributed by atoms with E-state index in [-0.39, 0.29) is 5.75 Å².